The molecule has 15 heavy (non-hydrogen) atoms. The molecule has 0 amide bonds. The maximum atomic E-state index is 5.73. The van der Waals surface area contributed by atoms with Crippen LogP contribution in [0.4, 0.5) is 0 Å². The molecule has 1 rings (SSSR count). The zero-order valence-electron chi connectivity index (χ0n) is 11.0. The van der Waals surface area contributed by atoms with Crippen molar-refractivity contribution < 1.29 is 4.74 Å². The molecule has 0 aromatic rings. The summed E-state index contributed by atoms with van der Waals surface area (Å²) in [5.41, 5.74) is 0.0491. The molecule has 0 radical (unpaired) electrons. The molecule has 1 aliphatic rings. The zero-order chi connectivity index (χ0) is 11.5. The van der Waals surface area contributed by atoms with Crippen molar-refractivity contribution in [3.05, 3.63) is 0 Å². The van der Waals surface area contributed by atoms with Crippen molar-refractivity contribution in [3.8, 4) is 0 Å². The maximum Gasteiger partial charge on any atom is 0.0753 e. The Bertz CT molecular complexity index is 189. The van der Waals surface area contributed by atoms with Gasteiger partial charge in [-0.2, -0.15) is 0 Å². The predicted molar refractivity (Wildman–Crippen MR) is 65.1 cm³/mol. The highest BCUT2D eigenvalue weighted by molar-refractivity contribution is 4.80. The van der Waals surface area contributed by atoms with Crippen LogP contribution in [0.3, 0.4) is 0 Å². The van der Waals surface area contributed by atoms with Gasteiger partial charge in [-0.15, -0.1) is 0 Å². The van der Waals surface area contributed by atoms with Crippen LogP contribution in [0.2, 0.25) is 0 Å². The van der Waals surface area contributed by atoms with Gasteiger partial charge in [0.1, 0.15) is 0 Å². The first-order valence-electron chi connectivity index (χ1n) is 6.31. The average molecular weight is 213 g/mol. The molecule has 1 atom stereocenters. The molecule has 1 fully saturated rings. The Balaban J connectivity index is 2.43. The smallest absolute Gasteiger partial charge is 0.0753 e. The van der Waals surface area contributed by atoms with Crippen LogP contribution in [-0.2, 0) is 4.74 Å². The highest BCUT2D eigenvalue weighted by Crippen LogP contribution is 2.21. The Morgan fingerprint density at radius 3 is 2.47 bits per heavy atom. The number of hydrogen-bond acceptors (Lipinski definition) is 2. The fraction of sp³-hybridized carbons (Fsp3) is 1.00. The summed E-state index contributed by atoms with van der Waals surface area (Å²) in [6.07, 6.45) is 1.29. The molecule has 2 heteroatoms. The second-order valence-corrected chi connectivity index (χ2v) is 5.76. The monoisotopic (exact) mass is 213 g/mol. The molecule has 0 aliphatic carbocycles. The third-order valence-corrected chi connectivity index (χ3v) is 3.46. The highest BCUT2D eigenvalue weighted by Gasteiger charge is 2.28. The van der Waals surface area contributed by atoms with Gasteiger partial charge in [-0.3, -0.25) is 4.90 Å². The van der Waals surface area contributed by atoms with Crippen molar-refractivity contribution in [2.45, 2.75) is 46.6 Å². The van der Waals surface area contributed by atoms with Crippen LogP contribution in [0.25, 0.3) is 0 Å². The van der Waals surface area contributed by atoms with Crippen molar-refractivity contribution in [2.75, 3.05) is 26.2 Å². The molecule has 90 valence electrons. The van der Waals surface area contributed by atoms with Crippen LogP contribution < -0.4 is 0 Å². The standard InChI is InChI=1S/C13H27NO/c1-6-12(11(2)3)9-14-7-8-15-13(4,5)10-14/h11-12H,6-10H2,1-5H3/t12-/m0/s1. The average Bonchev–Trinajstić information content (AvgIpc) is 2.12. The molecule has 0 spiro atoms. The van der Waals surface area contributed by atoms with Gasteiger partial charge in [0.15, 0.2) is 0 Å². The first-order valence-corrected chi connectivity index (χ1v) is 6.31. The fourth-order valence-electron chi connectivity index (χ4n) is 2.41. The van der Waals surface area contributed by atoms with E-state index in [1.54, 1.807) is 0 Å². The second kappa shape index (κ2) is 5.31. The molecule has 1 heterocycles. The quantitative estimate of drug-likeness (QED) is 0.712. The Morgan fingerprint density at radius 2 is 2.00 bits per heavy atom. The van der Waals surface area contributed by atoms with Gasteiger partial charge in [-0.05, 0) is 25.7 Å². The van der Waals surface area contributed by atoms with Crippen LogP contribution in [0.15, 0.2) is 0 Å². The molecule has 0 aromatic carbocycles. The molecule has 0 N–H and O–H groups in total. The summed E-state index contributed by atoms with van der Waals surface area (Å²) in [7, 11) is 0. The van der Waals surface area contributed by atoms with Crippen LogP contribution in [0.1, 0.15) is 41.0 Å². The summed E-state index contributed by atoms with van der Waals surface area (Å²) in [5.74, 6) is 1.62. The number of ether oxygens (including phenoxy) is 1. The number of nitrogens with zero attached hydrogens (tertiary/aromatic N) is 1. The molecule has 0 bridgehead atoms. The van der Waals surface area contributed by atoms with E-state index in [4.69, 9.17) is 4.74 Å². The Labute approximate surface area is 95.0 Å². The minimum Gasteiger partial charge on any atom is -0.373 e. The van der Waals surface area contributed by atoms with Crippen molar-refractivity contribution in [2.24, 2.45) is 11.8 Å². The van der Waals surface area contributed by atoms with E-state index in [0.717, 1.165) is 31.5 Å². The molecular formula is C13H27NO. The van der Waals surface area contributed by atoms with Gasteiger partial charge in [-0.25, -0.2) is 0 Å². The van der Waals surface area contributed by atoms with Crippen LogP contribution >= 0.6 is 0 Å². The third-order valence-electron chi connectivity index (χ3n) is 3.46. The van der Waals surface area contributed by atoms with E-state index >= 15 is 0 Å². The van der Waals surface area contributed by atoms with Crippen molar-refractivity contribution >= 4 is 0 Å². The minimum absolute atomic E-state index is 0.0491. The van der Waals surface area contributed by atoms with Gasteiger partial charge < -0.3 is 4.74 Å². The van der Waals surface area contributed by atoms with Gasteiger partial charge in [0.05, 0.1) is 12.2 Å². The third kappa shape index (κ3) is 4.12. The van der Waals surface area contributed by atoms with Gasteiger partial charge in [0, 0.05) is 19.6 Å². The molecule has 2 nitrogen and oxygen atoms in total. The summed E-state index contributed by atoms with van der Waals surface area (Å²) in [6, 6.07) is 0. The molecule has 0 saturated carbocycles. The SMILES string of the molecule is CC[C@@H](CN1CCOC(C)(C)C1)C(C)C. The molecule has 1 saturated heterocycles. The van der Waals surface area contributed by atoms with E-state index in [-0.39, 0.29) is 5.60 Å². The van der Waals surface area contributed by atoms with E-state index in [9.17, 15) is 0 Å². The summed E-state index contributed by atoms with van der Waals surface area (Å²) in [6.45, 7) is 15.7. The zero-order valence-corrected chi connectivity index (χ0v) is 11.0. The lowest BCUT2D eigenvalue weighted by Gasteiger charge is -2.40. The maximum absolute atomic E-state index is 5.73. The normalized spacial score (nSPS) is 24.4. The van der Waals surface area contributed by atoms with Crippen LogP contribution in [0.5, 0.6) is 0 Å². The first-order chi connectivity index (χ1) is 6.94. The lowest BCUT2D eigenvalue weighted by molar-refractivity contribution is -0.0902. The summed E-state index contributed by atoms with van der Waals surface area (Å²) >= 11 is 0. The molecule has 0 aromatic heterocycles. The largest absolute Gasteiger partial charge is 0.373 e. The van der Waals surface area contributed by atoms with E-state index in [0.29, 0.717) is 0 Å². The van der Waals surface area contributed by atoms with Gasteiger partial charge in [-0.1, -0.05) is 27.2 Å². The van der Waals surface area contributed by atoms with Crippen molar-refractivity contribution in [1.82, 2.24) is 4.90 Å². The van der Waals surface area contributed by atoms with Crippen LogP contribution in [0, 0.1) is 11.8 Å². The summed E-state index contributed by atoms with van der Waals surface area (Å²) < 4.78 is 5.73. The molecular weight excluding hydrogens is 186 g/mol. The highest BCUT2D eigenvalue weighted by atomic mass is 16.5. The minimum atomic E-state index is 0.0491. The Hall–Kier alpha value is -0.0800. The first kappa shape index (κ1) is 13.0. The Kier molecular flexibility index (Phi) is 4.60. The fourth-order valence-corrected chi connectivity index (χ4v) is 2.41. The lowest BCUT2D eigenvalue weighted by atomic mass is 9.92. The van der Waals surface area contributed by atoms with Gasteiger partial charge in [0.25, 0.3) is 0 Å². The second-order valence-electron chi connectivity index (χ2n) is 5.76. The summed E-state index contributed by atoms with van der Waals surface area (Å²) in [4.78, 5) is 2.57. The number of hydrogen-bond donors (Lipinski definition) is 0. The predicted octanol–water partition coefficient (Wildman–Crippen LogP) is 2.78. The van der Waals surface area contributed by atoms with Gasteiger partial charge >= 0.3 is 0 Å². The van der Waals surface area contributed by atoms with E-state index in [1.807, 2.05) is 0 Å². The number of rotatable bonds is 4. The lowest BCUT2D eigenvalue weighted by Crippen LogP contribution is -2.49. The van der Waals surface area contributed by atoms with E-state index < -0.39 is 0 Å². The van der Waals surface area contributed by atoms with E-state index in [1.165, 1.54) is 13.0 Å². The number of morpholine rings is 1. The van der Waals surface area contributed by atoms with Crippen LogP contribution in [-0.4, -0.2) is 36.7 Å². The van der Waals surface area contributed by atoms with E-state index in [2.05, 4.69) is 39.5 Å². The van der Waals surface area contributed by atoms with Crippen molar-refractivity contribution in [1.29, 1.82) is 0 Å². The topological polar surface area (TPSA) is 12.5 Å². The Morgan fingerprint density at radius 1 is 1.33 bits per heavy atom. The van der Waals surface area contributed by atoms with Gasteiger partial charge in [0.2, 0.25) is 0 Å². The molecule has 0 unspecified atom stereocenters. The molecule has 1 aliphatic heterocycles. The van der Waals surface area contributed by atoms with Crippen molar-refractivity contribution in [3.63, 3.8) is 0 Å². The summed E-state index contributed by atoms with van der Waals surface area (Å²) in [5, 5.41) is 0.